The predicted octanol–water partition coefficient (Wildman–Crippen LogP) is 4.69. The summed E-state index contributed by atoms with van der Waals surface area (Å²) in [6.45, 7) is 1.54. The fourth-order valence-corrected chi connectivity index (χ4v) is 4.65. The van der Waals surface area contributed by atoms with Gasteiger partial charge >= 0.3 is 19.4 Å². The number of esters is 1. The molecular weight excluding hydrogens is 423 g/mol. The third kappa shape index (κ3) is 6.54. The quantitative estimate of drug-likeness (QED) is 0.317. The van der Waals surface area contributed by atoms with E-state index in [9.17, 15) is 14.3 Å². The van der Waals surface area contributed by atoms with Crippen LogP contribution in [0.2, 0.25) is 0 Å². The van der Waals surface area contributed by atoms with Crippen molar-refractivity contribution in [1.82, 2.24) is 5.09 Å². The van der Waals surface area contributed by atoms with E-state index in [1.165, 1.54) is 31.4 Å². The molecule has 166 valence electrons. The molecular formula is C21H26N2O7P+. The van der Waals surface area contributed by atoms with Crippen LogP contribution < -0.4 is 14.1 Å². The molecule has 0 aromatic heterocycles. The molecule has 0 aliphatic heterocycles. The van der Waals surface area contributed by atoms with Gasteiger partial charge in [-0.2, -0.15) is 5.09 Å². The number of benzene rings is 2. The summed E-state index contributed by atoms with van der Waals surface area (Å²) in [5, 5.41) is 2.65. The zero-order valence-electron chi connectivity index (χ0n) is 17.4. The van der Waals surface area contributed by atoms with Crippen LogP contribution in [-0.2, 0) is 18.9 Å². The fourth-order valence-electron chi connectivity index (χ4n) is 3.13. The summed E-state index contributed by atoms with van der Waals surface area (Å²) in [6, 6.07) is 13.3. The van der Waals surface area contributed by atoms with Crippen molar-refractivity contribution in [2.75, 3.05) is 7.11 Å². The Bertz CT molecular complexity index is 931. The number of ether oxygens (including phenoxy) is 1. The Morgan fingerprint density at radius 2 is 1.61 bits per heavy atom. The molecule has 3 rings (SSSR count). The average molecular weight is 449 g/mol. The van der Waals surface area contributed by atoms with E-state index in [4.69, 9.17) is 13.8 Å². The first-order valence-corrected chi connectivity index (χ1v) is 11.6. The Balaban J connectivity index is 1.75. The summed E-state index contributed by atoms with van der Waals surface area (Å²) in [6.07, 6.45) is 3.60. The lowest BCUT2D eigenvalue weighted by Gasteiger charge is -2.24. The third-order valence-electron chi connectivity index (χ3n) is 4.70. The van der Waals surface area contributed by atoms with Crippen LogP contribution in [0.5, 0.6) is 11.5 Å². The van der Waals surface area contributed by atoms with Crippen molar-refractivity contribution < 1.29 is 32.9 Å². The summed E-state index contributed by atoms with van der Waals surface area (Å²) in [5.74, 6) is -0.0439. The van der Waals surface area contributed by atoms with Gasteiger partial charge in [0.2, 0.25) is 0 Å². The van der Waals surface area contributed by atoms with E-state index in [0.29, 0.717) is 10.7 Å². The van der Waals surface area contributed by atoms with E-state index >= 15 is 0 Å². The smallest absolute Gasteiger partial charge is 0.461 e. The normalized spacial score (nSPS) is 16.7. The summed E-state index contributed by atoms with van der Waals surface area (Å²) >= 11 is 0. The summed E-state index contributed by atoms with van der Waals surface area (Å²) in [4.78, 5) is 28.9. The molecule has 2 aromatic carbocycles. The molecule has 1 aliphatic rings. The Kier molecular flexibility index (Phi) is 7.65. The molecule has 0 radical (unpaired) electrons. The number of carbonyl (C=O) groups is 1. The van der Waals surface area contributed by atoms with Crippen LogP contribution in [0.3, 0.4) is 0 Å². The highest BCUT2D eigenvalue weighted by atomic mass is 31.2. The van der Waals surface area contributed by atoms with Crippen molar-refractivity contribution in [3.05, 3.63) is 59.5 Å². The lowest BCUT2D eigenvalue weighted by Crippen LogP contribution is -2.37. The lowest BCUT2D eigenvalue weighted by molar-refractivity contribution is -0.736. The third-order valence-corrected chi connectivity index (χ3v) is 6.30. The van der Waals surface area contributed by atoms with Gasteiger partial charge in [-0.15, -0.1) is 0 Å². The predicted molar refractivity (Wildman–Crippen MR) is 113 cm³/mol. The van der Waals surface area contributed by atoms with Gasteiger partial charge in [-0.1, -0.05) is 18.2 Å². The second kappa shape index (κ2) is 10.4. The molecule has 0 bridgehead atoms. The number of nitrogens with one attached hydrogen (secondary N) is 1. The first-order chi connectivity index (χ1) is 14.9. The van der Waals surface area contributed by atoms with Crippen molar-refractivity contribution >= 4 is 19.4 Å². The monoisotopic (exact) mass is 449 g/mol. The zero-order valence-corrected chi connectivity index (χ0v) is 18.3. The highest BCUT2D eigenvalue weighted by molar-refractivity contribution is 7.52. The molecule has 0 amide bonds. The maximum Gasteiger partial charge on any atom is 0.513 e. The highest BCUT2D eigenvalue weighted by Gasteiger charge is 2.35. The van der Waals surface area contributed by atoms with Gasteiger partial charge in [0.1, 0.15) is 23.6 Å². The van der Waals surface area contributed by atoms with Gasteiger partial charge in [0.25, 0.3) is 4.92 Å². The minimum atomic E-state index is -4.04. The van der Waals surface area contributed by atoms with Crippen LogP contribution in [0.1, 0.15) is 32.6 Å². The summed E-state index contributed by atoms with van der Waals surface area (Å²) in [5.41, 5.74) is 0.232. The topological polar surface area (TPSA) is 103 Å². The van der Waals surface area contributed by atoms with Gasteiger partial charge in [-0.25, -0.2) is 9.40 Å². The van der Waals surface area contributed by atoms with Gasteiger partial charge in [0, 0.05) is 12.1 Å². The molecule has 0 spiro atoms. The molecule has 2 unspecified atom stereocenters. The van der Waals surface area contributed by atoms with Crippen molar-refractivity contribution in [2.24, 2.45) is 0 Å². The number of carbonyl (C=O) groups excluding carboxylic acids is 1. The Hall–Kier alpha value is -2.90. The maximum atomic E-state index is 13.5. The molecule has 2 atom stereocenters. The molecule has 10 heteroatoms. The maximum absolute atomic E-state index is 13.5. The molecule has 0 saturated heterocycles. The van der Waals surface area contributed by atoms with Crippen molar-refractivity contribution in [2.45, 2.75) is 44.8 Å². The Morgan fingerprint density at radius 3 is 2.19 bits per heavy atom. The van der Waals surface area contributed by atoms with Crippen LogP contribution in [0, 0.1) is 4.91 Å². The Labute approximate surface area is 180 Å². The number of para-hydroxylation sites is 1. The van der Waals surface area contributed by atoms with Gasteiger partial charge < -0.3 is 13.8 Å². The molecule has 1 saturated carbocycles. The first-order valence-electron chi connectivity index (χ1n) is 10.0. The molecule has 1 N–H and O–H groups in total. The number of hydrogen-bond donors (Lipinski definition) is 1. The second-order valence-corrected chi connectivity index (χ2v) is 8.74. The largest absolute Gasteiger partial charge is 0.513 e. The van der Waals surface area contributed by atoms with E-state index in [-0.39, 0.29) is 17.5 Å². The van der Waals surface area contributed by atoms with Crippen molar-refractivity contribution in [1.29, 1.82) is 0 Å². The van der Waals surface area contributed by atoms with E-state index in [0.717, 1.165) is 25.7 Å². The van der Waals surface area contributed by atoms with Crippen LogP contribution in [0.4, 0.5) is 5.69 Å². The van der Waals surface area contributed by atoms with Gasteiger partial charge in [-0.05, 0) is 56.9 Å². The minimum absolute atomic E-state index is 0.115. The van der Waals surface area contributed by atoms with Crippen LogP contribution in [-0.4, -0.2) is 30.1 Å². The zero-order chi connectivity index (χ0) is 22.3. The summed E-state index contributed by atoms with van der Waals surface area (Å²) in [7, 11) is -2.79. The van der Waals surface area contributed by atoms with E-state index in [2.05, 4.69) is 9.92 Å². The van der Waals surface area contributed by atoms with Crippen molar-refractivity contribution in [3.8, 4) is 11.5 Å². The molecule has 2 aromatic rings. The minimum Gasteiger partial charge on any atom is -0.461 e. The SMILES string of the molecule is CO[N+](=O)c1ccc(OP(=O)(NC(C)C(=O)OC2CCCC2)Oc2ccccc2)cc1. The number of rotatable bonds is 10. The molecule has 31 heavy (non-hydrogen) atoms. The standard InChI is InChI=1S/C21H26N2O7P/c1-16(21(24)28-18-8-6-7-9-18)22-31(26,29-19-10-4-3-5-11-19)30-20-14-12-17(13-15-20)23(25)27-2/h3-5,10-16,18H,6-9H2,1-2H3,(H,22,26)/q+1. The lowest BCUT2D eigenvalue weighted by atomic mass is 10.3. The van der Waals surface area contributed by atoms with Gasteiger partial charge in [0.15, 0.2) is 7.11 Å². The van der Waals surface area contributed by atoms with Crippen LogP contribution in [0.25, 0.3) is 0 Å². The first kappa shape index (κ1) is 22.8. The molecule has 9 nitrogen and oxygen atoms in total. The van der Waals surface area contributed by atoms with Crippen LogP contribution in [0.15, 0.2) is 54.6 Å². The number of hydrogen-bond acceptors (Lipinski definition) is 7. The Morgan fingerprint density at radius 1 is 1.03 bits per heavy atom. The summed E-state index contributed by atoms with van der Waals surface area (Å²) < 4.78 is 30.2. The van der Waals surface area contributed by atoms with E-state index < -0.39 is 19.8 Å². The fraction of sp³-hybridized carbons (Fsp3) is 0.381. The van der Waals surface area contributed by atoms with E-state index in [1.54, 1.807) is 37.3 Å². The van der Waals surface area contributed by atoms with E-state index in [1.807, 2.05) is 0 Å². The second-order valence-electron chi connectivity index (χ2n) is 7.12. The van der Waals surface area contributed by atoms with Gasteiger partial charge in [-0.3, -0.25) is 4.79 Å². The van der Waals surface area contributed by atoms with Crippen molar-refractivity contribution in [3.63, 3.8) is 0 Å². The van der Waals surface area contributed by atoms with Crippen LogP contribution >= 0.6 is 7.75 Å². The molecule has 1 fully saturated rings. The number of nitrogens with zero attached hydrogens (tertiary/aromatic N) is 1. The molecule has 0 heterocycles. The molecule has 1 aliphatic carbocycles. The van der Waals surface area contributed by atoms with Gasteiger partial charge in [0.05, 0.1) is 4.91 Å². The average Bonchev–Trinajstić information content (AvgIpc) is 3.27. The highest BCUT2D eigenvalue weighted by Crippen LogP contribution is 2.45.